The Hall–Kier alpha value is -3.09. The molecule has 8 rings (SSSR count). The monoisotopic (exact) mass is 548 g/mol. The molecule has 4 heterocycles. The number of nitrogens with one attached hydrogen (secondary N) is 5. The van der Waals surface area contributed by atoms with Crippen molar-refractivity contribution in [2.24, 2.45) is 0 Å². The summed E-state index contributed by atoms with van der Waals surface area (Å²) in [6.07, 6.45) is 19.9. The van der Waals surface area contributed by atoms with Crippen molar-refractivity contribution in [2.75, 3.05) is 13.1 Å². The predicted molar refractivity (Wildman–Crippen MR) is 166 cm³/mol. The Morgan fingerprint density at radius 3 is 2.32 bits per heavy atom. The summed E-state index contributed by atoms with van der Waals surface area (Å²) in [7, 11) is 0. The van der Waals surface area contributed by atoms with E-state index in [2.05, 4.69) is 75.0 Å². The van der Waals surface area contributed by atoms with Gasteiger partial charge in [-0.05, 0) is 97.7 Å². The number of rotatable bonds is 5. The van der Waals surface area contributed by atoms with Gasteiger partial charge in [0.1, 0.15) is 12.0 Å². The van der Waals surface area contributed by atoms with Gasteiger partial charge in [-0.2, -0.15) is 0 Å². The predicted octanol–water partition coefficient (Wildman–Crippen LogP) is 6.28. The molecule has 0 radical (unpaired) electrons. The third-order valence-electron chi connectivity index (χ3n) is 10.8. The number of nitrogens with zero attached hydrogens (tertiary/aromatic N) is 1. The summed E-state index contributed by atoms with van der Waals surface area (Å²) in [5, 5.41) is 14.7. The quantitative estimate of drug-likeness (QED) is 0.260. The minimum Gasteiger partial charge on any atom is -0.368 e. The van der Waals surface area contributed by atoms with E-state index in [1.54, 1.807) is 11.1 Å². The van der Waals surface area contributed by atoms with Crippen LogP contribution in [0.5, 0.6) is 0 Å². The SMILES string of the molecule is C1=C(c2ccc(-c3ccc(-c4cnc([C@@H]5CCCCN5)[nH]4)c4c3C3(CCCC3)CC4)cc2)NC([C@@H]2CCCCN2)N1. The van der Waals surface area contributed by atoms with Crippen LogP contribution < -0.4 is 21.3 Å². The van der Waals surface area contributed by atoms with E-state index in [0.29, 0.717) is 17.5 Å². The molecule has 3 aliphatic heterocycles. The van der Waals surface area contributed by atoms with Crippen molar-refractivity contribution >= 4 is 5.70 Å². The summed E-state index contributed by atoms with van der Waals surface area (Å²) in [5.74, 6) is 1.10. The molecule has 41 heavy (non-hydrogen) atoms. The molecule has 3 fully saturated rings. The van der Waals surface area contributed by atoms with Gasteiger partial charge in [-0.25, -0.2) is 4.98 Å². The first-order valence-electron chi connectivity index (χ1n) is 16.3. The summed E-state index contributed by atoms with van der Waals surface area (Å²) in [5.41, 5.74) is 11.3. The fourth-order valence-electron chi connectivity index (χ4n) is 8.58. The Labute approximate surface area is 244 Å². The minimum absolute atomic E-state index is 0.278. The summed E-state index contributed by atoms with van der Waals surface area (Å²) in [6, 6.07) is 14.9. The number of H-pyrrole nitrogens is 1. The topological polar surface area (TPSA) is 76.8 Å². The molecule has 2 saturated heterocycles. The van der Waals surface area contributed by atoms with Gasteiger partial charge >= 0.3 is 0 Å². The van der Waals surface area contributed by atoms with Gasteiger partial charge in [0.05, 0.1) is 23.6 Å². The number of aromatic amines is 1. The van der Waals surface area contributed by atoms with Crippen LogP contribution in [0.1, 0.15) is 99.2 Å². The Morgan fingerprint density at radius 2 is 1.54 bits per heavy atom. The van der Waals surface area contributed by atoms with Crippen molar-refractivity contribution < 1.29 is 0 Å². The molecule has 1 spiro atoms. The summed E-state index contributed by atoms with van der Waals surface area (Å²) < 4.78 is 0. The van der Waals surface area contributed by atoms with Gasteiger partial charge in [0.25, 0.3) is 0 Å². The van der Waals surface area contributed by atoms with Crippen LogP contribution >= 0.6 is 0 Å². The van der Waals surface area contributed by atoms with Crippen molar-refractivity contribution in [3.8, 4) is 22.4 Å². The van der Waals surface area contributed by atoms with Gasteiger partial charge in [-0.3, -0.25) is 0 Å². The van der Waals surface area contributed by atoms with E-state index < -0.39 is 0 Å². The molecule has 3 aromatic rings. The van der Waals surface area contributed by atoms with Crippen molar-refractivity contribution in [2.45, 2.75) is 101 Å². The van der Waals surface area contributed by atoms with Gasteiger partial charge < -0.3 is 26.3 Å². The molecule has 5 aliphatic rings. The summed E-state index contributed by atoms with van der Waals surface area (Å²) in [4.78, 5) is 8.59. The van der Waals surface area contributed by atoms with E-state index in [0.717, 1.165) is 18.9 Å². The van der Waals surface area contributed by atoms with Crippen LogP contribution in [0, 0.1) is 0 Å². The lowest BCUT2D eigenvalue weighted by atomic mass is 9.76. The minimum atomic E-state index is 0.278. The van der Waals surface area contributed by atoms with Gasteiger partial charge in [-0.15, -0.1) is 0 Å². The molecule has 1 aromatic heterocycles. The number of piperidine rings is 2. The van der Waals surface area contributed by atoms with E-state index in [1.165, 1.54) is 111 Å². The maximum absolute atomic E-state index is 4.86. The second kappa shape index (κ2) is 10.6. The maximum Gasteiger partial charge on any atom is 0.123 e. The van der Waals surface area contributed by atoms with Crippen LogP contribution in [-0.2, 0) is 11.8 Å². The average Bonchev–Trinajstić information content (AvgIpc) is 3.86. The zero-order chi connectivity index (χ0) is 27.2. The third kappa shape index (κ3) is 4.60. The van der Waals surface area contributed by atoms with Crippen LogP contribution in [-0.4, -0.2) is 35.3 Å². The van der Waals surface area contributed by atoms with Crippen molar-refractivity contribution in [3.05, 3.63) is 71.3 Å². The summed E-state index contributed by atoms with van der Waals surface area (Å²) in [6.45, 7) is 2.21. The highest BCUT2D eigenvalue weighted by atomic mass is 15.2. The first-order valence-corrected chi connectivity index (χ1v) is 16.3. The first-order chi connectivity index (χ1) is 20.3. The van der Waals surface area contributed by atoms with Crippen LogP contribution in [0.15, 0.2) is 48.8 Å². The van der Waals surface area contributed by atoms with Gasteiger partial charge in [0.15, 0.2) is 0 Å². The van der Waals surface area contributed by atoms with Crippen LogP contribution in [0.3, 0.4) is 0 Å². The van der Waals surface area contributed by atoms with Crippen LogP contribution in [0.25, 0.3) is 28.1 Å². The third-order valence-corrected chi connectivity index (χ3v) is 10.8. The zero-order valence-electron chi connectivity index (χ0n) is 24.2. The molecular weight excluding hydrogens is 504 g/mol. The van der Waals surface area contributed by atoms with E-state index in [1.807, 2.05) is 0 Å². The van der Waals surface area contributed by atoms with E-state index >= 15 is 0 Å². The number of hydrogen-bond donors (Lipinski definition) is 5. The Morgan fingerprint density at radius 1 is 0.756 bits per heavy atom. The second-order valence-corrected chi connectivity index (χ2v) is 13.2. The Bertz CT molecular complexity index is 1420. The average molecular weight is 549 g/mol. The molecule has 3 atom stereocenters. The molecular formula is C35H44N6. The number of imidazole rings is 1. The smallest absolute Gasteiger partial charge is 0.123 e. The molecule has 2 aromatic carbocycles. The van der Waals surface area contributed by atoms with E-state index in [4.69, 9.17) is 4.98 Å². The Kier molecular flexibility index (Phi) is 6.64. The molecule has 1 saturated carbocycles. The number of fused-ring (bicyclic) bond motifs is 2. The standard InChI is InChI=1S/C35H44N6/c1-5-19-36-28(7-1)33-38-21-30(40-33)24-11-9-23(10-12-24)25-13-14-26(27-15-18-35(32(25)27)16-3-4-17-35)31-22-39-34(41-31)29-8-2-6-20-37-29/h9-14,21-22,28-29,33,36-38,40H,1-8,15-20H2,(H,39,41)/t28-,29-,33?/m0/s1. The van der Waals surface area contributed by atoms with Gasteiger partial charge in [0, 0.05) is 17.8 Å². The normalized spacial score (nSPS) is 26.9. The molecule has 5 N–H and O–H groups in total. The number of benzene rings is 2. The fourth-order valence-corrected chi connectivity index (χ4v) is 8.58. The van der Waals surface area contributed by atoms with Crippen molar-refractivity contribution in [3.63, 3.8) is 0 Å². The van der Waals surface area contributed by atoms with Crippen LogP contribution in [0.4, 0.5) is 0 Å². The maximum atomic E-state index is 4.86. The lowest BCUT2D eigenvalue weighted by Crippen LogP contribution is -2.52. The number of aromatic nitrogens is 2. The zero-order valence-corrected chi connectivity index (χ0v) is 24.2. The molecule has 6 nitrogen and oxygen atoms in total. The molecule has 6 heteroatoms. The number of hydrogen-bond acceptors (Lipinski definition) is 5. The van der Waals surface area contributed by atoms with Gasteiger partial charge in [-0.1, -0.05) is 62.1 Å². The summed E-state index contributed by atoms with van der Waals surface area (Å²) >= 11 is 0. The molecule has 214 valence electrons. The Balaban J connectivity index is 1.10. The second-order valence-electron chi connectivity index (χ2n) is 13.2. The molecule has 2 aliphatic carbocycles. The van der Waals surface area contributed by atoms with Crippen molar-refractivity contribution in [1.29, 1.82) is 0 Å². The molecule has 0 bridgehead atoms. The van der Waals surface area contributed by atoms with Gasteiger partial charge in [0.2, 0.25) is 0 Å². The highest BCUT2D eigenvalue weighted by molar-refractivity contribution is 5.80. The fraction of sp³-hybridized carbons (Fsp3) is 0.514. The molecule has 1 unspecified atom stereocenters. The lowest BCUT2D eigenvalue weighted by molar-refractivity contribution is 0.321. The van der Waals surface area contributed by atoms with Crippen molar-refractivity contribution in [1.82, 2.24) is 31.2 Å². The largest absolute Gasteiger partial charge is 0.368 e. The first kappa shape index (κ1) is 25.6. The highest BCUT2D eigenvalue weighted by Crippen LogP contribution is 2.55. The van der Waals surface area contributed by atoms with Crippen LogP contribution in [0.2, 0.25) is 0 Å². The lowest BCUT2D eigenvalue weighted by Gasteiger charge is -2.29. The van der Waals surface area contributed by atoms with E-state index in [-0.39, 0.29) is 6.17 Å². The highest BCUT2D eigenvalue weighted by Gasteiger charge is 2.43. The van der Waals surface area contributed by atoms with E-state index in [9.17, 15) is 0 Å². The molecule has 0 amide bonds.